The molecule has 0 saturated carbocycles. The van der Waals surface area contributed by atoms with Crippen molar-refractivity contribution < 1.29 is 59.3 Å². The first-order valence-electron chi connectivity index (χ1n) is 15.4. The summed E-state index contributed by atoms with van der Waals surface area (Å²) >= 11 is 0. The lowest BCUT2D eigenvalue weighted by atomic mass is 9.99. The third kappa shape index (κ3) is 11.5. The first kappa shape index (κ1) is 40.0. The molecular weight excluding hydrogens is 628 g/mol. The van der Waals surface area contributed by atoms with E-state index in [2.05, 4.69) is 15.6 Å². The number of aliphatic imine (C=N–C) groups is 1. The summed E-state index contributed by atoms with van der Waals surface area (Å²) in [5, 5.41) is 64.7. The molecule has 2 saturated heterocycles. The monoisotopic (exact) mass is 678 g/mol. The summed E-state index contributed by atoms with van der Waals surface area (Å²) in [5.41, 5.74) is 21.9. The number of aliphatic hydroxyl groups excluding tert-OH is 5. The van der Waals surface area contributed by atoms with Crippen LogP contribution >= 0.6 is 0 Å². The molecule has 16 N–H and O–H groups in total. The Bertz CT molecular complexity index is 1080. The molecule has 0 spiro atoms. The fourth-order valence-corrected chi connectivity index (χ4v) is 5.22. The van der Waals surface area contributed by atoms with Crippen molar-refractivity contribution in [1.29, 1.82) is 0 Å². The van der Waals surface area contributed by atoms with Gasteiger partial charge in [0.15, 0.2) is 12.2 Å². The molecule has 2 rings (SSSR count). The van der Waals surface area contributed by atoms with Gasteiger partial charge in [-0.1, -0.05) is 0 Å². The Kier molecular flexibility index (Phi) is 16.1. The van der Waals surface area contributed by atoms with Crippen molar-refractivity contribution in [3.8, 4) is 0 Å². The van der Waals surface area contributed by atoms with Gasteiger partial charge in [0.2, 0.25) is 17.7 Å². The number of nitrogens with one attached hydrogen (secondary N) is 2. The molecule has 47 heavy (non-hydrogen) atoms. The summed E-state index contributed by atoms with van der Waals surface area (Å²) in [6.07, 6.45) is -9.44. The summed E-state index contributed by atoms with van der Waals surface area (Å²) in [7, 11) is 0. The number of unbranched alkanes of at least 4 members (excludes halogenated alkanes) is 1. The maximum absolute atomic E-state index is 14.0. The van der Waals surface area contributed by atoms with Gasteiger partial charge in [-0.25, -0.2) is 4.79 Å². The van der Waals surface area contributed by atoms with Crippen LogP contribution in [-0.2, 0) is 28.7 Å². The van der Waals surface area contributed by atoms with Gasteiger partial charge in [0.1, 0.15) is 48.6 Å². The van der Waals surface area contributed by atoms with Crippen LogP contribution in [0.3, 0.4) is 0 Å². The second-order valence-corrected chi connectivity index (χ2v) is 11.7. The van der Waals surface area contributed by atoms with Crippen LogP contribution < -0.4 is 33.6 Å². The van der Waals surface area contributed by atoms with Gasteiger partial charge >= 0.3 is 5.97 Å². The van der Waals surface area contributed by atoms with E-state index in [9.17, 15) is 49.8 Å². The van der Waals surface area contributed by atoms with Gasteiger partial charge in [0.25, 0.3) is 0 Å². The summed E-state index contributed by atoms with van der Waals surface area (Å²) in [6, 6.07) is -5.32. The zero-order chi connectivity index (χ0) is 35.4. The molecule has 20 heteroatoms. The van der Waals surface area contributed by atoms with E-state index in [0.717, 1.165) is 4.90 Å². The van der Waals surface area contributed by atoms with Crippen molar-refractivity contribution in [2.75, 3.05) is 26.2 Å². The molecule has 2 heterocycles. The number of likely N-dealkylation sites (tertiary alicyclic amines) is 1. The van der Waals surface area contributed by atoms with Crippen LogP contribution in [-0.4, -0.2) is 159 Å². The molecule has 0 aliphatic carbocycles. The number of ether oxygens (including phenoxy) is 2. The number of carboxylic acid groups (broad SMARTS) is 1. The SMILES string of the molecule is C[C@@H](O)[C@H](N)C(=O)N[C@@H](CCCCN)C(=O)N1CC(O[C@@H]2O[C@H](CO)[C@@H](O)[C@H](O)[C@H]2O)C[C@H]1C(=O)N[C@@H](CCCN=C(N)N)C(=O)O. The first-order chi connectivity index (χ1) is 22.1. The van der Waals surface area contributed by atoms with Crippen LogP contribution in [0.5, 0.6) is 0 Å². The van der Waals surface area contributed by atoms with Gasteiger partial charge < -0.3 is 78.6 Å². The zero-order valence-electron chi connectivity index (χ0n) is 26.3. The standard InChI is InChI=1S/C27H50N8O12/c1-12(37)18(29)23(42)33-14(5-2-3-7-28)24(43)35-10-13(46-26-21(40)20(39)19(38)17(11-36)47-26)9-16(35)22(41)34-15(25(44)45)6-4-8-32-27(30)31/h12-21,26,36-40H,2-11,28-29H2,1H3,(H,33,42)(H,34,41)(H,44,45)(H4,30,31,32)/t12-,13?,14+,15+,16+,17-,18+,19-,20+,21-,26-/m1/s1. The smallest absolute Gasteiger partial charge is 0.326 e. The predicted octanol–water partition coefficient (Wildman–Crippen LogP) is -6.28. The lowest BCUT2D eigenvalue weighted by Crippen LogP contribution is -2.59. The number of aliphatic carboxylic acids is 1. The maximum atomic E-state index is 14.0. The van der Waals surface area contributed by atoms with Crippen molar-refractivity contribution in [2.24, 2.45) is 27.9 Å². The number of hydrogen-bond donors (Lipinski definition) is 12. The molecule has 1 unspecified atom stereocenters. The number of carbonyl (C=O) groups excluding carboxylic acids is 3. The second-order valence-electron chi connectivity index (χ2n) is 11.7. The van der Waals surface area contributed by atoms with E-state index < -0.39 is 97.4 Å². The minimum atomic E-state index is -1.77. The summed E-state index contributed by atoms with van der Waals surface area (Å²) in [6.45, 7) is 0.673. The number of aliphatic hydroxyl groups is 5. The molecule has 3 amide bonds. The third-order valence-electron chi connectivity index (χ3n) is 7.97. The highest BCUT2D eigenvalue weighted by atomic mass is 16.7. The topological polar surface area (TPSA) is 352 Å². The van der Waals surface area contributed by atoms with Crippen LogP contribution in [0, 0.1) is 0 Å². The minimum Gasteiger partial charge on any atom is -0.480 e. The molecule has 2 fully saturated rings. The number of hydrogen-bond acceptors (Lipinski definition) is 14. The Morgan fingerprint density at radius 2 is 1.68 bits per heavy atom. The quantitative estimate of drug-likeness (QED) is 0.0364. The molecule has 0 aromatic heterocycles. The Morgan fingerprint density at radius 3 is 2.26 bits per heavy atom. The number of guanidine groups is 1. The average Bonchev–Trinajstić information content (AvgIpc) is 3.45. The van der Waals surface area contributed by atoms with Crippen LogP contribution in [0.25, 0.3) is 0 Å². The second kappa shape index (κ2) is 19.0. The molecule has 0 radical (unpaired) electrons. The Labute approximate surface area is 271 Å². The summed E-state index contributed by atoms with van der Waals surface area (Å²) in [5.74, 6) is -3.97. The number of rotatable bonds is 18. The van der Waals surface area contributed by atoms with Crippen molar-refractivity contribution in [2.45, 2.75) is 113 Å². The van der Waals surface area contributed by atoms with Gasteiger partial charge in [0.05, 0.1) is 18.8 Å². The molecule has 2 aliphatic rings. The predicted molar refractivity (Wildman–Crippen MR) is 163 cm³/mol. The van der Waals surface area contributed by atoms with Gasteiger partial charge in [-0.15, -0.1) is 0 Å². The van der Waals surface area contributed by atoms with Crippen molar-refractivity contribution in [1.82, 2.24) is 15.5 Å². The fourth-order valence-electron chi connectivity index (χ4n) is 5.22. The van der Waals surface area contributed by atoms with E-state index in [-0.39, 0.29) is 44.7 Å². The molecule has 20 nitrogen and oxygen atoms in total. The Hall–Kier alpha value is -3.21. The average molecular weight is 679 g/mol. The van der Waals surface area contributed by atoms with Crippen LogP contribution in [0.2, 0.25) is 0 Å². The minimum absolute atomic E-state index is 0.0572. The van der Waals surface area contributed by atoms with Crippen LogP contribution in [0.15, 0.2) is 4.99 Å². The van der Waals surface area contributed by atoms with E-state index in [1.165, 1.54) is 6.92 Å². The third-order valence-corrected chi connectivity index (χ3v) is 7.97. The lowest BCUT2D eigenvalue weighted by molar-refractivity contribution is -0.310. The number of amides is 3. The highest BCUT2D eigenvalue weighted by Crippen LogP contribution is 2.28. The number of carbonyl (C=O) groups is 4. The number of nitrogens with two attached hydrogens (primary N) is 4. The van der Waals surface area contributed by atoms with Gasteiger partial charge in [-0.2, -0.15) is 0 Å². The molecule has 0 aromatic carbocycles. The summed E-state index contributed by atoms with van der Waals surface area (Å²) < 4.78 is 11.2. The number of carboxylic acids is 1. The highest BCUT2D eigenvalue weighted by Gasteiger charge is 2.48. The van der Waals surface area contributed by atoms with Gasteiger partial charge in [-0.3, -0.25) is 19.4 Å². The van der Waals surface area contributed by atoms with Crippen LogP contribution in [0.4, 0.5) is 0 Å². The fraction of sp³-hybridized carbons (Fsp3) is 0.815. The van der Waals surface area contributed by atoms with Crippen molar-refractivity contribution >= 4 is 29.7 Å². The molecule has 270 valence electrons. The van der Waals surface area contributed by atoms with Crippen molar-refractivity contribution in [3.63, 3.8) is 0 Å². The summed E-state index contributed by atoms with van der Waals surface area (Å²) in [4.78, 5) is 57.1. The first-order valence-corrected chi connectivity index (χ1v) is 15.4. The van der Waals surface area contributed by atoms with Gasteiger partial charge in [0, 0.05) is 19.5 Å². The number of nitrogens with zero attached hydrogens (tertiary/aromatic N) is 2. The zero-order valence-corrected chi connectivity index (χ0v) is 26.3. The van der Waals surface area contributed by atoms with Crippen molar-refractivity contribution in [3.05, 3.63) is 0 Å². The molecule has 0 bridgehead atoms. The van der Waals surface area contributed by atoms with E-state index in [1.54, 1.807) is 0 Å². The Morgan fingerprint density at radius 1 is 1.02 bits per heavy atom. The molecule has 2 aliphatic heterocycles. The maximum Gasteiger partial charge on any atom is 0.326 e. The van der Waals surface area contributed by atoms with Gasteiger partial charge in [-0.05, 0) is 45.6 Å². The Balaban J connectivity index is 2.35. The highest BCUT2D eigenvalue weighted by molar-refractivity contribution is 5.94. The molecule has 0 aromatic rings. The molecular formula is C27H50N8O12. The van der Waals surface area contributed by atoms with Crippen LogP contribution in [0.1, 0.15) is 45.4 Å². The normalized spacial score (nSPS) is 28.5. The lowest BCUT2D eigenvalue weighted by Gasteiger charge is -2.40. The van der Waals surface area contributed by atoms with E-state index in [1.807, 2.05) is 0 Å². The van der Waals surface area contributed by atoms with E-state index >= 15 is 0 Å². The van der Waals surface area contributed by atoms with E-state index in [0.29, 0.717) is 19.4 Å². The largest absolute Gasteiger partial charge is 0.480 e. The van der Waals surface area contributed by atoms with E-state index in [4.69, 9.17) is 32.4 Å². The molecule has 11 atom stereocenters.